The second-order valence-electron chi connectivity index (χ2n) is 3.91. The first-order valence-corrected chi connectivity index (χ1v) is 6.14. The van der Waals surface area contributed by atoms with Gasteiger partial charge in [0.2, 0.25) is 5.75 Å². The number of hydrogen-bond donors (Lipinski definition) is 0. The van der Waals surface area contributed by atoms with Crippen LogP contribution in [0.25, 0.3) is 0 Å². The number of nitro benzene ring substituents is 1. The van der Waals surface area contributed by atoms with Gasteiger partial charge in [-0.15, -0.1) is 0 Å². The van der Waals surface area contributed by atoms with Gasteiger partial charge in [-0.1, -0.05) is 6.07 Å². The maximum absolute atomic E-state index is 13.0. The molecule has 0 unspecified atom stereocenters. The molecule has 0 radical (unpaired) electrons. The van der Waals surface area contributed by atoms with Gasteiger partial charge >= 0.3 is 5.69 Å². The van der Waals surface area contributed by atoms with Crippen LogP contribution in [0.3, 0.4) is 0 Å². The second kappa shape index (κ2) is 5.36. The summed E-state index contributed by atoms with van der Waals surface area (Å²) in [5, 5.41) is 11.0. The Balaban J connectivity index is 2.40. The summed E-state index contributed by atoms with van der Waals surface area (Å²) in [4.78, 5) is 10.4. The van der Waals surface area contributed by atoms with E-state index < -0.39 is 10.7 Å². The Labute approximate surface area is 117 Å². The molecule has 2 aromatic carbocycles. The Morgan fingerprint density at radius 3 is 2.53 bits per heavy atom. The first kappa shape index (κ1) is 13.5. The molecular formula is C13H9BrFNO3. The zero-order valence-corrected chi connectivity index (χ0v) is 11.5. The molecular weight excluding hydrogens is 317 g/mol. The summed E-state index contributed by atoms with van der Waals surface area (Å²) in [6, 6.07) is 8.51. The monoisotopic (exact) mass is 325 g/mol. The van der Waals surface area contributed by atoms with Crippen LogP contribution >= 0.6 is 15.9 Å². The molecule has 0 spiro atoms. The van der Waals surface area contributed by atoms with Crippen LogP contribution in [-0.4, -0.2) is 4.92 Å². The van der Waals surface area contributed by atoms with Crippen LogP contribution in [0.4, 0.5) is 10.1 Å². The molecule has 0 amide bonds. The van der Waals surface area contributed by atoms with Gasteiger partial charge in [0.15, 0.2) is 0 Å². The number of nitrogens with zero attached hydrogens (tertiary/aromatic N) is 1. The van der Waals surface area contributed by atoms with Gasteiger partial charge in [-0.3, -0.25) is 10.1 Å². The Morgan fingerprint density at radius 2 is 1.89 bits per heavy atom. The van der Waals surface area contributed by atoms with Gasteiger partial charge in [-0.05, 0) is 52.7 Å². The van der Waals surface area contributed by atoms with E-state index in [1.807, 2.05) is 0 Å². The minimum Gasteiger partial charge on any atom is -0.449 e. The lowest BCUT2D eigenvalue weighted by Crippen LogP contribution is -1.94. The van der Waals surface area contributed by atoms with Gasteiger partial charge < -0.3 is 4.74 Å². The van der Waals surface area contributed by atoms with E-state index >= 15 is 0 Å². The van der Waals surface area contributed by atoms with Gasteiger partial charge in [0, 0.05) is 6.07 Å². The summed E-state index contributed by atoms with van der Waals surface area (Å²) < 4.78 is 18.8. The lowest BCUT2D eigenvalue weighted by atomic mass is 10.2. The molecule has 0 aliphatic heterocycles. The van der Waals surface area contributed by atoms with Gasteiger partial charge in [-0.2, -0.15) is 0 Å². The highest BCUT2D eigenvalue weighted by atomic mass is 79.9. The Kier molecular flexibility index (Phi) is 3.80. The largest absolute Gasteiger partial charge is 0.449 e. The molecule has 6 heteroatoms. The van der Waals surface area contributed by atoms with E-state index in [1.54, 1.807) is 13.0 Å². The van der Waals surface area contributed by atoms with Crippen LogP contribution in [0.1, 0.15) is 5.56 Å². The van der Waals surface area contributed by atoms with Crippen LogP contribution in [0.15, 0.2) is 40.9 Å². The molecule has 4 nitrogen and oxygen atoms in total. The van der Waals surface area contributed by atoms with Crippen molar-refractivity contribution in [1.82, 2.24) is 0 Å². The van der Waals surface area contributed by atoms with E-state index in [4.69, 9.17) is 4.74 Å². The number of halogens is 2. The molecule has 0 N–H and O–H groups in total. The molecule has 0 aromatic heterocycles. The molecule has 0 bridgehead atoms. The molecule has 19 heavy (non-hydrogen) atoms. The molecule has 0 saturated carbocycles. The highest BCUT2D eigenvalue weighted by molar-refractivity contribution is 9.10. The molecule has 2 aromatic rings. The first-order valence-electron chi connectivity index (χ1n) is 5.35. The van der Waals surface area contributed by atoms with E-state index in [2.05, 4.69) is 15.9 Å². The number of ether oxygens (including phenoxy) is 1. The minimum atomic E-state index is -0.514. The van der Waals surface area contributed by atoms with Crippen molar-refractivity contribution in [1.29, 1.82) is 0 Å². The highest BCUT2D eigenvalue weighted by Crippen LogP contribution is 2.35. The molecule has 0 heterocycles. The number of hydrogen-bond acceptors (Lipinski definition) is 3. The quantitative estimate of drug-likeness (QED) is 0.612. The summed E-state index contributed by atoms with van der Waals surface area (Å²) in [6.45, 7) is 1.75. The number of benzene rings is 2. The minimum absolute atomic E-state index is 0.114. The zero-order chi connectivity index (χ0) is 14.0. The van der Waals surface area contributed by atoms with Crippen LogP contribution < -0.4 is 4.74 Å². The van der Waals surface area contributed by atoms with Crippen molar-refractivity contribution in [3.8, 4) is 11.5 Å². The maximum atomic E-state index is 13.0. The van der Waals surface area contributed by atoms with E-state index in [0.717, 1.165) is 5.56 Å². The Hall–Kier alpha value is -1.95. The predicted molar refractivity (Wildman–Crippen MR) is 72.0 cm³/mol. The van der Waals surface area contributed by atoms with Gasteiger partial charge in [0.25, 0.3) is 0 Å². The van der Waals surface area contributed by atoms with Gasteiger partial charge in [0.1, 0.15) is 11.6 Å². The van der Waals surface area contributed by atoms with Crippen molar-refractivity contribution in [2.45, 2.75) is 6.92 Å². The standard InChI is InChI=1S/C13H9BrFNO3/c1-8-2-4-13(11(6-8)16(17)18)19-12-5-3-9(15)7-10(12)14/h2-7H,1H3. The lowest BCUT2D eigenvalue weighted by Gasteiger charge is -2.08. The topological polar surface area (TPSA) is 52.4 Å². The molecule has 0 aliphatic carbocycles. The molecule has 0 saturated heterocycles. The van der Waals surface area contributed by atoms with Crippen LogP contribution in [-0.2, 0) is 0 Å². The first-order chi connectivity index (χ1) is 8.97. The van der Waals surface area contributed by atoms with Gasteiger partial charge in [0.05, 0.1) is 9.40 Å². The average molecular weight is 326 g/mol. The fourth-order valence-electron chi connectivity index (χ4n) is 1.53. The number of rotatable bonds is 3. The number of nitro groups is 1. The van der Waals surface area contributed by atoms with Crippen molar-refractivity contribution in [3.05, 3.63) is 62.4 Å². The fourth-order valence-corrected chi connectivity index (χ4v) is 1.96. The summed E-state index contributed by atoms with van der Waals surface area (Å²) in [7, 11) is 0. The van der Waals surface area contributed by atoms with E-state index in [9.17, 15) is 14.5 Å². The normalized spacial score (nSPS) is 10.3. The predicted octanol–water partition coefficient (Wildman–Crippen LogP) is 4.60. The molecule has 0 atom stereocenters. The van der Waals surface area contributed by atoms with Crippen molar-refractivity contribution in [2.75, 3.05) is 0 Å². The van der Waals surface area contributed by atoms with Crippen molar-refractivity contribution in [3.63, 3.8) is 0 Å². The maximum Gasteiger partial charge on any atom is 0.311 e. The molecule has 98 valence electrons. The lowest BCUT2D eigenvalue weighted by molar-refractivity contribution is -0.385. The van der Waals surface area contributed by atoms with E-state index in [0.29, 0.717) is 10.2 Å². The third-order valence-corrected chi connectivity index (χ3v) is 3.04. The third kappa shape index (κ3) is 3.08. The number of aryl methyl sites for hydroxylation is 1. The van der Waals surface area contributed by atoms with Crippen molar-refractivity contribution in [2.24, 2.45) is 0 Å². The second-order valence-corrected chi connectivity index (χ2v) is 4.76. The Bertz CT molecular complexity index is 646. The fraction of sp³-hybridized carbons (Fsp3) is 0.0769. The third-order valence-electron chi connectivity index (χ3n) is 2.42. The van der Waals surface area contributed by atoms with Crippen LogP contribution in [0, 0.1) is 22.9 Å². The summed E-state index contributed by atoms with van der Waals surface area (Å²) in [6.07, 6.45) is 0. The van der Waals surface area contributed by atoms with Gasteiger partial charge in [-0.25, -0.2) is 4.39 Å². The molecule has 0 fully saturated rings. The summed E-state index contributed by atoms with van der Waals surface area (Å²) in [5.41, 5.74) is 0.633. The highest BCUT2D eigenvalue weighted by Gasteiger charge is 2.16. The average Bonchev–Trinajstić information content (AvgIpc) is 2.34. The summed E-state index contributed by atoms with van der Waals surface area (Å²) >= 11 is 3.15. The smallest absolute Gasteiger partial charge is 0.311 e. The molecule has 0 aliphatic rings. The summed E-state index contributed by atoms with van der Waals surface area (Å²) in [5.74, 6) is 0.00823. The Morgan fingerprint density at radius 1 is 1.21 bits per heavy atom. The zero-order valence-electron chi connectivity index (χ0n) is 9.89. The van der Waals surface area contributed by atoms with Crippen molar-refractivity contribution >= 4 is 21.6 Å². The van der Waals surface area contributed by atoms with Crippen LogP contribution in [0.2, 0.25) is 0 Å². The van der Waals surface area contributed by atoms with Crippen molar-refractivity contribution < 1.29 is 14.1 Å². The van der Waals surface area contributed by atoms with E-state index in [-0.39, 0.29) is 11.4 Å². The van der Waals surface area contributed by atoms with Crippen LogP contribution in [0.5, 0.6) is 11.5 Å². The molecule has 2 rings (SSSR count). The van der Waals surface area contributed by atoms with E-state index in [1.165, 1.54) is 30.3 Å². The SMILES string of the molecule is Cc1ccc(Oc2ccc(F)cc2Br)c([N+](=O)[O-])c1.